The average Bonchev–Trinajstić information content (AvgIpc) is 3.22. The maximum Gasteiger partial charge on any atom is 0.162 e. The molecule has 0 N–H and O–H groups in total. The minimum Gasteiger partial charge on any atom is -0.250 e. The Balaban J connectivity index is 1.54. The summed E-state index contributed by atoms with van der Waals surface area (Å²) in [6.07, 6.45) is 7.33. The minimum absolute atomic E-state index is 0.799. The van der Waals surface area contributed by atoms with Gasteiger partial charge in [0.25, 0.3) is 0 Å². The normalized spacial score (nSPS) is 11.2. The Morgan fingerprint density at radius 3 is 2.78 bits per heavy atom. The molecule has 3 heterocycles. The number of para-hydroxylation sites is 1. The summed E-state index contributed by atoms with van der Waals surface area (Å²) in [4.78, 5) is 8.63. The molecule has 4 aromatic rings. The van der Waals surface area contributed by atoms with Crippen LogP contribution in [-0.4, -0.2) is 29.5 Å². The van der Waals surface area contributed by atoms with Gasteiger partial charge in [0.05, 0.1) is 23.5 Å². The van der Waals surface area contributed by atoms with E-state index < -0.39 is 0 Å². The zero-order valence-corrected chi connectivity index (χ0v) is 13.3. The Hall–Kier alpha value is -2.67. The van der Waals surface area contributed by atoms with Gasteiger partial charge in [-0.05, 0) is 12.1 Å². The first kappa shape index (κ1) is 14.0. The summed E-state index contributed by atoms with van der Waals surface area (Å²) in [5.41, 5.74) is 3.05. The molecular formula is C16H14N6S. The highest BCUT2D eigenvalue weighted by Gasteiger charge is 2.09. The van der Waals surface area contributed by atoms with Crippen LogP contribution >= 0.6 is 11.8 Å². The quantitative estimate of drug-likeness (QED) is 0.427. The van der Waals surface area contributed by atoms with Crippen molar-refractivity contribution in [3.05, 3.63) is 60.8 Å². The van der Waals surface area contributed by atoms with Crippen molar-refractivity contribution in [3.63, 3.8) is 0 Å². The van der Waals surface area contributed by atoms with Gasteiger partial charge in [-0.2, -0.15) is 10.2 Å². The molecule has 0 aliphatic carbocycles. The number of aromatic nitrogens is 6. The molecule has 0 radical (unpaired) electrons. The van der Waals surface area contributed by atoms with Crippen LogP contribution in [0.3, 0.4) is 0 Å². The topological polar surface area (TPSA) is 61.4 Å². The van der Waals surface area contributed by atoms with E-state index in [4.69, 9.17) is 0 Å². The average molecular weight is 322 g/mol. The van der Waals surface area contributed by atoms with E-state index >= 15 is 0 Å². The van der Waals surface area contributed by atoms with Gasteiger partial charge in [0.2, 0.25) is 0 Å². The molecule has 0 aliphatic rings. The van der Waals surface area contributed by atoms with Crippen molar-refractivity contribution in [1.82, 2.24) is 29.5 Å². The van der Waals surface area contributed by atoms with E-state index in [1.807, 2.05) is 60.7 Å². The minimum atomic E-state index is 0.799. The number of hydrogen-bond donors (Lipinski definition) is 0. The maximum absolute atomic E-state index is 4.42. The highest BCUT2D eigenvalue weighted by atomic mass is 32.2. The van der Waals surface area contributed by atoms with Crippen LogP contribution in [-0.2, 0) is 12.8 Å². The highest BCUT2D eigenvalue weighted by molar-refractivity contribution is 7.98. The fourth-order valence-corrected chi connectivity index (χ4v) is 3.24. The molecule has 23 heavy (non-hydrogen) atoms. The lowest BCUT2D eigenvalue weighted by Gasteiger charge is -2.01. The van der Waals surface area contributed by atoms with Crippen LogP contribution in [0.15, 0.2) is 60.3 Å². The highest BCUT2D eigenvalue weighted by Crippen LogP contribution is 2.26. The van der Waals surface area contributed by atoms with Gasteiger partial charge in [0.15, 0.2) is 5.65 Å². The molecule has 0 amide bonds. The van der Waals surface area contributed by atoms with E-state index in [1.165, 1.54) is 0 Å². The Morgan fingerprint density at radius 2 is 1.91 bits per heavy atom. The monoisotopic (exact) mass is 322 g/mol. The number of fused-ring (bicyclic) bond motifs is 1. The molecule has 3 aromatic heterocycles. The zero-order chi connectivity index (χ0) is 15.6. The van der Waals surface area contributed by atoms with Crippen molar-refractivity contribution in [3.8, 4) is 5.69 Å². The van der Waals surface area contributed by atoms with Crippen molar-refractivity contribution in [1.29, 1.82) is 0 Å². The van der Waals surface area contributed by atoms with Gasteiger partial charge in [0.1, 0.15) is 11.4 Å². The summed E-state index contributed by atoms with van der Waals surface area (Å²) >= 11 is 1.67. The number of rotatable bonds is 4. The second-order valence-electron chi connectivity index (χ2n) is 5.10. The molecule has 0 bridgehead atoms. The maximum atomic E-state index is 4.42. The number of thioether (sulfide) groups is 1. The van der Waals surface area contributed by atoms with Crippen LogP contribution in [0.1, 0.15) is 5.56 Å². The Bertz CT molecular complexity index is 944. The van der Waals surface area contributed by atoms with Gasteiger partial charge in [-0.1, -0.05) is 18.2 Å². The van der Waals surface area contributed by atoms with Gasteiger partial charge < -0.3 is 0 Å². The molecule has 0 aliphatic heterocycles. The third-order valence-electron chi connectivity index (χ3n) is 3.53. The lowest BCUT2D eigenvalue weighted by molar-refractivity contribution is 0.784. The van der Waals surface area contributed by atoms with Gasteiger partial charge >= 0.3 is 0 Å². The van der Waals surface area contributed by atoms with Crippen molar-refractivity contribution in [2.75, 3.05) is 0 Å². The van der Waals surface area contributed by atoms with Crippen molar-refractivity contribution >= 4 is 22.8 Å². The fraction of sp³-hybridized carbons (Fsp3) is 0.125. The Morgan fingerprint density at radius 1 is 1.04 bits per heavy atom. The van der Waals surface area contributed by atoms with Crippen LogP contribution in [0.4, 0.5) is 0 Å². The van der Waals surface area contributed by atoms with E-state index in [0.717, 1.165) is 33.1 Å². The van der Waals surface area contributed by atoms with Gasteiger partial charge in [-0.3, -0.25) is 4.68 Å². The van der Waals surface area contributed by atoms with Crippen LogP contribution in [0.5, 0.6) is 0 Å². The summed E-state index contributed by atoms with van der Waals surface area (Å²) in [6, 6.07) is 10.1. The molecule has 6 nitrogen and oxygen atoms in total. The van der Waals surface area contributed by atoms with Crippen LogP contribution in [0, 0.1) is 0 Å². The van der Waals surface area contributed by atoms with Crippen molar-refractivity contribution < 1.29 is 0 Å². The predicted octanol–water partition coefficient (Wildman–Crippen LogP) is 2.84. The van der Waals surface area contributed by atoms with E-state index in [2.05, 4.69) is 20.2 Å². The Kier molecular flexibility index (Phi) is 3.55. The summed E-state index contributed by atoms with van der Waals surface area (Å²) < 4.78 is 3.64. The molecule has 0 saturated carbocycles. The van der Waals surface area contributed by atoms with E-state index in [0.29, 0.717) is 0 Å². The lowest BCUT2D eigenvalue weighted by Crippen LogP contribution is -1.93. The summed E-state index contributed by atoms with van der Waals surface area (Å²) in [5.74, 6) is 0.799. The summed E-state index contributed by atoms with van der Waals surface area (Å²) in [5, 5.41) is 10.6. The standard InChI is InChI=1S/C16H14N6S/c1-21-15-14(8-19-21)16(18-11-17-15)23-10-12-7-20-22(9-12)13-5-3-2-4-6-13/h2-9,11H,10H2,1H3. The number of benzene rings is 1. The van der Waals surface area contributed by atoms with Crippen LogP contribution in [0.25, 0.3) is 16.7 Å². The molecular weight excluding hydrogens is 308 g/mol. The first-order valence-corrected chi connectivity index (χ1v) is 8.14. The Labute approximate surface area is 137 Å². The molecule has 0 saturated heterocycles. The lowest BCUT2D eigenvalue weighted by atomic mass is 10.3. The van der Waals surface area contributed by atoms with Crippen molar-refractivity contribution in [2.24, 2.45) is 7.05 Å². The number of hydrogen-bond acceptors (Lipinski definition) is 5. The fourth-order valence-electron chi connectivity index (χ4n) is 2.36. The van der Waals surface area contributed by atoms with Crippen LogP contribution in [0.2, 0.25) is 0 Å². The largest absolute Gasteiger partial charge is 0.250 e. The predicted molar refractivity (Wildman–Crippen MR) is 89.4 cm³/mol. The first-order valence-electron chi connectivity index (χ1n) is 7.16. The molecule has 4 rings (SSSR count). The third kappa shape index (κ3) is 2.70. The molecule has 0 unspecified atom stereocenters. The smallest absolute Gasteiger partial charge is 0.162 e. The van der Waals surface area contributed by atoms with Crippen LogP contribution < -0.4 is 0 Å². The second kappa shape index (κ2) is 5.85. The van der Waals surface area contributed by atoms with E-state index in [9.17, 15) is 0 Å². The van der Waals surface area contributed by atoms with E-state index in [1.54, 1.807) is 22.8 Å². The molecule has 1 aromatic carbocycles. The molecule has 0 fully saturated rings. The van der Waals surface area contributed by atoms with Gasteiger partial charge in [-0.15, -0.1) is 11.8 Å². The van der Waals surface area contributed by atoms with Gasteiger partial charge in [-0.25, -0.2) is 14.6 Å². The second-order valence-corrected chi connectivity index (χ2v) is 6.07. The number of aryl methyl sites for hydroxylation is 1. The molecule has 7 heteroatoms. The molecule has 0 atom stereocenters. The van der Waals surface area contributed by atoms with Gasteiger partial charge in [0, 0.05) is 24.6 Å². The SMILES string of the molecule is Cn1ncc2c(SCc3cnn(-c4ccccc4)c3)ncnc21. The third-order valence-corrected chi connectivity index (χ3v) is 4.60. The number of nitrogens with zero attached hydrogens (tertiary/aromatic N) is 6. The summed E-state index contributed by atoms with van der Waals surface area (Å²) in [6.45, 7) is 0. The summed E-state index contributed by atoms with van der Waals surface area (Å²) in [7, 11) is 1.88. The first-order chi connectivity index (χ1) is 11.3. The van der Waals surface area contributed by atoms with Crippen molar-refractivity contribution in [2.45, 2.75) is 10.8 Å². The van der Waals surface area contributed by atoms with E-state index in [-0.39, 0.29) is 0 Å². The zero-order valence-electron chi connectivity index (χ0n) is 12.5. The molecule has 114 valence electrons. The molecule has 0 spiro atoms.